The highest BCUT2D eigenvalue weighted by atomic mass is 35.5. The lowest BCUT2D eigenvalue weighted by Gasteiger charge is -2.14. The number of aryl methyl sites for hydroxylation is 2. The van der Waals surface area contributed by atoms with E-state index in [1.807, 2.05) is 20.8 Å². The molecule has 1 aromatic heterocycles. The highest BCUT2D eigenvalue weighted by molar-refractivity contribution is 7.09. The molecular weight excluding hydrogens is 344 g/mol. The number of benzene rings is 1. The Labute approximate surface area is 152 Å². The number of carbonyl (C=O) groups excluding carboxylic acids is 1. The monoisotopic (exact) mass is 366 g/mol. The second kappa shape index (κ2) is 9.04. The molecular formula is C18H23ClN2O2S. The summed E-state index contributed by atoms with van der Waals surface area (Å²) in [7, 11) is 0. The minimum atomic E-state index is -0.154. The Hall–Kier alpha value is -1.59. The zero-order chi connectivity index (χ0) is 17.5. The first-order chi connectivity index (χ1) is 11.5. The minimum Gasteiger partial charge on any atom is -0.490 e. The van der Waals surface area contributed by atoms with Gasteiger partial charge in [0.25, 0.3) is 5.91 Å². The molecule has 6 heteroatoms. The average Bonchev–Trinajstić information content (AvgIpc) is 2.93. The van der Waals surface area contributed by atoms with Gasteiger partial charge >= 0.3 is 0 Å². The van der Waals surface area contributed by atoms with E-state index in [1.54, 1.807) is 29.5 Å². The van der Waals surface area contributed by atoms with Gasteiger partial charge in [0.1, 0.15) is 5.75 Å². The number of hydrogen-bond acceptors (Lipinski definition) is 4. The van der Waals surface area contributed by atoms with Crippen LogP contribution in [0.1, 0.15) is 47.7 Å². The number of ether oxygens (including phenoxy) is 1. The lowest BCUT2D eigenvalue weighted by Crippen LogP contribution is -2.25. The third-order valence-corrected chi connectivity index (χ3v) is 4.58. The zero-order valence-corrected chi connectivity index (χ0v) is 15.8. The molecule has 24 heavy (non-hydrogen) atoms. The van der Waals surface area contributed by atoms with E-state index in [2.05, 4.69) is 15.7 Å². The van der Waals surface area contributed by atoms with E-state index in [0.717, 1.165) is 30.0 Å². The molecule has 0 spiro atoms. The van der Waals surface area contributed by atoms with Crippen molar-refractivity contribution in [3.8, 4) is 5.75 Å². The fourth-order valence-electron chi connectivity index (χ4n) is 2.25. The second-order valence-corrected chi connectivity index (χ2v) is 7.28. The number of carbonyl (C=O) groups is 1. The number of nitrogens with zero attached hydrogens (tertiary/aromatic N) is 1. The van der Waals surface area contributed by atoms with Crippen molar-refractivity contribution in [2.24, 2.45) is 0 Å². The number of thiazole rings is 1. The van der Waals surface area contributed by atoms with Crippen LogP contribution in [0.4, 0.5) is 0 Å². The fraction of sp³-hybridized carbons (Fsp3) is 0.444. The van der Waals surface area contributed by atoms with Crippen molar-refractivity contribution in [3.63, 3.8) is 0 Å². The number of rotatable bonds is 8. The summed E-state index contributed by atoms with van der Waals surface area (Å²) >= 11 is 7.70. The molecule has 1 heterocycles. The molecule has 1 amide bonds. The number of hydrogen-bond donors (Lipinski definition) is 1. The Kier molecular flexibility index (Phi) is 7.06. The van der Waals surface area contributed by atoms with E-state index in [-0.39, 0.29) is 12.0 Å². The molecule has 130 valence electrons. The summed E-state index contributed by atoms with van der Waals surface area (Å²) in [6.07, 6.45) is 2.86. The fourth-order valence-corrected chi connectivity index (χ4v) is 3.24. The average molecular weight is 367 g/mol. The molecule has 0 aliphatic heterocycles. The highest BCUT2D eigenvalue weighted by Crippen LogP contribution is 2.24. The number of unbranched alkanes of at least 4 members (excludes halogenated alkanes) is 1. The Morgan fingerprint density at radius 2 is 2.17 bits per heavy atom. The van der Waals surface area contributed by atoms with Crippen LogP contribution in [0.5, 0.6) is 5.75 Å². The first-order valence-electron chi connectivity index (χ1n) is 8.11. The van der Waals surface area contributed by atoms with E-state index in [0.29, 0.717) is 22.9 Å². The summed E-state index contributed by atoms with van der Waals surface area (Å²) in [5.74, 6) is 0.406. The number of aromatic nitrogens is 1. The summed E-state index contributed by atoms with van der Waals surface area (Å²) in [5, 5.41) is 6.68. The van der Waals surface area contributed by atoms with Gasteiger partial charge in [0.2, 0.25) is 0 Å². The van der Waals surface area contributed by atoms with Gasteiger partial charge in [0.05, 0.1) is 16.7 Å². The molecule has 0 fully saturated rings. The number of nitrogens with one attached hydrogen (secondary N) is 1. The highest BCUT2D eigenvalue weighted by Gasteiger charge is 2.14. The quantitative estimate of drug-likeness (QED) is 0.692. The second-order valence-electron chi connectivity index (χ2n) is 5.90. The minimum absolute atomic E-state index is 0.000483. The van der Waals surface area contributed by atoms with Crippen LogP contribution in [0.2, 0.25) is 5.02 Å². The van der Waals surface area contributed by atoms with Crippen LogP contribution in [-0.2, 0) is 6.42 Å². The lowest BCUT2D eigenvalue weighted by molar-refractivity contribution is 0.0947. The van der Waals surface area contributed by atoms with Crippen molar-refractivity contribution < 1.29 is 9.53 Å². The normalized spacial score (nSPS) is 10.9. The van der Waals surface area contributed by atoms with Gasteiger partial charge < -0.3 is 10.1 Å². The number of amides is 1. The van der Waals surface area contributed by atoms with Crippen LogP contribution in [-0.4, -0.2) is 23.5 Å². The van der Waals surface area contributed by atoms with E-state index in [1.165, 1.54) is 0 Å². The van der Waals surface area contributed by atoms with Crippen LogP contribution in [0.3, 0.4) is 0 Å². The van der Waals surface area contributed by atoms with Gasteiger partial charge in [-0.05, 0) is 58.2 Å². The van der Waals surface area contributed by atoms with Crippen molar-refractivity contribution in [2.75, 3.05) is 6.54 Å². The maximum Gasteiger partial charge on any atom is 0.255 e. The van der Waals surface area contributed by atoms with Gasteiger partial charge in [-0.1, -0.05) is 11.6 Å². The Morgan fingerprint density at radius 1 is 1.38 bits per heavy atom. The summed E-state index contributed by atoms with van der Waals surface area (Å²) in [6.45, 7) is 6.48. The van der Waals surface area contributed by atoms with Crippen LogP contribution >= 0.6 is 22.9 Å². The Balaban J connectivity index is 1.82. The summed E-state index contributed by atoms with van der Waals surface area (Å²) in [5.41, 5.74) is 1.55. The molecule has 0 radical (unpaired) electrons. The van der Waals surface area contributed by atoms with E-state index in [4.69, 9.17) is 16.3 Å². The molecule has 1 aromatic carbocycles. The van der Waals surface area contributed by atoms with Gasteiger partial charge in [-0.2, -0.15) is 0 Å². The standard InChI is InChI=1S/C18H23ClN2O2S/c1-12(2)23-16-8-7-14(19)10-15(16)18(22)20-9-5-4-6-17-21-13(3)11-24-17/h7-8,10-12H,4-6,9H2,1-3H3,(H,20,22). The van der Waals surface area contributed by atoms with Crippen molar-refractivity contribution >= 4 is 28.8 Å². The molecule has 0 bridgehead atoms. The molecule has 0 saturated heterocycles. The van der Waals surface area contributed by atoms with E-state index < -0.39 is 0 Å². The van der Waals surface area contributed by atoms with E-state index in [9.17, 15) is 4.79 Å². The van der Waals surface area contributed by atoms with Crippen molar-refractivity contribution in [2.45, 2.75) is 46.1 Å². The lowest BCUT2D eigenvalue weighted by atomic mass is 10.1. The number of halogens is 1. The largest absolute Gasteiger partial charge is 0.490 e. The first-order valence-corrected chi connectivity index (χ1v) is 9.37. The van der Waals surface area contributed by atoms with Crippen LogP contribution in [0, 0.1) is 6.92 Å². The maximum atomic E-state index is 12.4. The van der Waals surface area contributed by atoms with Crippen molar-refractivity contribution in [3.05, 3.63) is 44.9 Å². The topological polar surface area (TPSA) is 51.2 Å². The van der Waals surface area contributed by atoms with E-state index >= 15 is 0 Å². The third-order valence-electron chi connectivity index (χ3n) is 3.32. The molecule has 0 aliphatic carbocycles. The molecule has 0 saturated carbocycles. The molecule has 2 aromatic rings. The van der Waals surface area contributed by atoms with Gasteiger partial charge in [-0.25, -0.2) is 4.98 Å². The van der Waals surface area contributed by atoms with Crippen LogP contribution in [0.25, 0.3) is 0 Å². The van der Waals surface area contributed by atoms with Gasteiger partial charge in [-0.3, -0.25) is 4.79 Å². The summed E-state index contributed by atoms with van der Waals surface area (Å²) in [6, 6.07) is 5.11. The SMILES string of the molecule is Cc1csc(CCCCNC(=O)c2cc(Cl)ccc2OC(C)C)n1. The maximum absolute atomic E-state index is 12.4. The summed E-state index contributed by atoms with van der Waals surface area (Å²) in [4.78, 5) is 16.8. The molecule has 0 aliphatic rings. The third kappa shape index (κ3) is 5.80. The van der Waals surface area contributed by atoms with Gasteiger partial charge in [-0.15, -0.1) is 11.3 Å². The molecule has 1 N–H and O–H groups in total. The zero-order valence-electron chi connectivity index (χ0n) is 14.3. The summed E-state index contributed by atoms with van der Waals surface area (Å²) < 4.78 is 5.68. The van der Waals surface area contributed by atoms with Crippen LogP contribution in [0.15, 0.2) is 23.6 Å². The van der Waals surface area contributed by atoms with Gasteiger partial charge in [0.15, 0.2) is 0 Å². The molecule has 0 unspecified atom stereocenters. The molecule has 2 rings (SSSR count). The van der Waals surface area contributed by atoms with Crippen molar-refractivity contribution in [1.82, 2.24) is 10.3 Å². The smallest absolute Gasteiger partial charge is 0.255 e. The molecule has 4 nitrogen and oxygen atoms in total. The van der Waals surface area contributed by atoms with Gasteiger partial charge in [0, 0.05) is 22.6 Å². The Morgan fingerprint density at radius 3 is 2.83 bits per heavy atom. The first kappa shape index (κ1) is 18.7. The predicted octanol–water partition coefficient (Wildman–Crippen LogP) is 4.64. The van der Waals surface area contributed by atoms with Crippen LogP contribution < -0.4 is 10.1 Å². The predicted molar refractivity (Wildman–Crippen MR) is 99.3 cm³/mol. The van der Waals surface area contributed by atoms with Crippen molar-refractivity contribution in [1.29, 1.82) is 0 Å². The Bertz CT molecular complexity index is 685. The molecule has 0 atom stereocenters.